The highest BCUT2D eigenvalue weighted by atomic mass is 19.1. The lowest BCUT2D eigenvalue weighted by Gasteiger charge is -2.08. The Kier molecular flexibility index (Phi) is 3.55. The summed E-state index contributed by atoms with van der Waals surface area (Å²) in [5.74, 6) is -0.956. The first kappa shape index (κ1) is 13.2. The second-order valence-electron chi connectivity index (χ2n) is 4.43. The van der Waals surface area contributed by atoms with Gasteiger partial charge in [0.2, 0.25) is 0 Å². The van der Waals surface area contributed by atoms with E-state index in [0.717, 1.165) is 5.56 Å². The maximum Gasteiger partial charge on any atom is 0.423 e. The van der Waals surface area contributed by atoms with E-state index in [1.807, 2.05) is 30.3 Å². The molecule has 0 unspecified atom stereocenters. The van der Waals surface area contributed by atoms with E-state index in [4.69, 9.17) is 4.74 Å². The van der Waals surface area contributed by atoms with Gasteiger partial charge in [0.1, 0.15) is 12.9 Å². The molecule has 1 heterocycles. The van der Waals surface area contributed by atoms with Crippen molar-refractivity contribution in [3.05, 3.63) is 82.9 Å². The number of benzene rings is 2. The first-order valence-corrected chi connectivity index (χ1v) is 6.37. The number of nitrogens with zero attached hydrogens (tertiary/aromatic N) is 1. The van der Waals surface area contributed by atoms with Gasteiger partial charge in [0.25, 0.3) is 0 Å². The van der Waals surface area contributed by atoms with Gasteiger partial charge in [-0.05, 0) is 17.7 Å². The summed E-state index contributed by atoms with van der Waals surface area (Å²) in [4.78, 5) is 11.4. The number of ether oxygens (including phenoxy) is 1. The molecule has 0 saturated heterocycles. The molecule has 0 amide bonds. The molecule has 0 aliphatic heterocycles. The van der Waals surface area contributed by atoms with Crippen molar-refractivity contribution in [3.63, 3.8) is 0 Å². The van der Waals surface area contributed by atoms with E-state index < -0.39 is 11.6 Å². The second-order valence-corrected chi connectivity index (χ2v) is 4.43. The number of aromatic nitrogens is 1. The smallest absolute Gasteiger partial charge is 0.423 e. The number of hydrogen-bond acceptors (Lipinski definition) is 3. The molecule has 0 bridgehead atoms. The van der Waals surface area contributed by atoms with E-state index in [1.54, 1.807) is 6.07 Å². The van der Waals surface area contributed by atoms with Crippen LogP contribution in [0.15, 0.2) is 70.2 Å². The molecule has 3 rings (SSSR count). The molecule has 5 heteroatoms. The standard InChI is InChI=1S/C16H12FNO3/c17-14-10-13(18-8-9-20-16(18)19)6-7-15(14)21-11-12-4-2-1-3-5-12/h1-10H,11H2. The number of hydrogen-bond donors (Lipinski definition) is 0. The molecule has 21 heavy (non-hydrogen) atoms. The molecule has 106 valence electrons. The lowest BCUT2D eigenvalue weighted by Crippen LogP contribution is -2.11. The largest absolute Gasteiger partial charge is 0.486 e. The Bertz CT molecular complexity index is 793. The molecule has 1 aromatic heterocycles. The average Bonchev–Trinajstić information content (AvgIpc) is 2.93. The molecule has 0 N–H and O–H groups in total. The van der Waals surface area contributed by atoms with Crippen molar-refractivity contribution in [3.8, 4) is 11.4 Å². The van der Waals surface area contributed by atoms with Gasteiger partial charge in [-0.2, -0.15) is 0 Å². The molecule has 0 aliphatic carbocycles. The SMILES string of the molecule is O=c1occn1-c1ccc(OCc2ccccc2)c(F)c1. The monoisotopic (exact) mass is 285 g/mol. The molecule has 2 aromatic carbocycles. The quantitative estimate of drug-likeness (QED) is 0.739. The van der Waals surface area contributed by atoms with Gasteiger partial charge in [0.05, 0.1) is 11.9 Å². The minimum absolute atomic E-state index is 0.138. The Balaban J connectivity index is 1.79. The fourth-order valence-electron chi connectivity index (χ4n) is 1.95. The Hall–Kier alpha value is -2.82. The zero-order valence-corrected chi connectivity index (χ0v) is 11.0. The van der Waals surface area contributed by atoms with Crippen molar-refractivity contribution in [2.24, 2.45) is 0 Å². The summed E-state index contributed by atoms with van der Waals surface area (Å²) < 4.78 is 25.3. The van der Waals surface area contributed by atoms with E-state index in [-0.39, 0.29) is 12.4 Å². The zero-order valence-electron chi connectivity index (χ0n) is 11.0. The van der Waals surface area contributed by atoms with Gasteiger partial charge in [-0.15, -0.1) is 0 Å². The van der Waals surface area contributed by atoms with Crippen molar-refractivity contribution in [2.75, 3.05) is 0 Å². The van der Waals surface area contributed by atoms with Crippen LogP contribution in [0.3, 0.4) is 0 Å². The summed E-state index contributed by atoms with van der Waals surface area (Å²) in [5.41, 5.74) is 1.34. The third-order valence-corrected chi connectivity index (χ3v) is 3.01. The van der Waals surface area contributed by atoms with Gasteiger partial charge in [-0.25, -0.2) is 13.8 Å². The number of oxazole rings is 1. The first-order valence-electron chi connectivity index (χ1n) is 6.37. The predicted octanol–water partition coefficient (Wildman–Crippen LogP) is 3.15. The Morgan fingerprint density at radius 1 is 1.14 bits per heavy atom. The van der Waals surface area contributed by atoms with Crippen molar-refractivity contribution in [2.45, 2.75) is 6.61 Å². The van der Waals surface area contributed by atoms with Crippen LogP contribution >= 0.6 is 0 Å². The number of halogens is 1. The third kappa shape index (κ3) is 2.86. The van der Waals surface area contributed by atoms with Crippen molar-refractivity contribution in [1.82, 2.24) is 4.57 Å². The van der Waals surface area contributed by atoms with Gasteiger partial charge in [0, 0.05) is 6.07 Å². The highest BCUT2D eigenvalue weighted by Gasteiger charge is 2.08. The molecule has 3 aromatic rings. The fourth-order valence-corrected chi connectivity index (χ4v) is 1.95. The van der Waals surface area contributed by atoms with Gasteiger partial charge >= 0.3 is 5.76 Å². The van der Waals surface area contributed by atoms with Gasteiger partial charge in [0.15, 0.2) is 11.6 Å². The number of rotatable bonds is 4. The molecule has 0 aliphatic rings. The molecule has 4 nitrogen and oxygen atoms in total. The van der Waals surface area contributed by atoms with Crippen LogP contribution in [-0.4, -0.2) is 4.57 Å². The van der Waals surface area contributed by atoms with Crippen LogP contribution in [0.5, 0.6) is 5.75 Å². The van der Waals surface area contributed by atoms with Crippen LogP contribution in [0, 0.1) is 5.82 Å². The maximum absolute atomic E-state index is 14.0. The van der Waals surface area contributed by atoms with E-state index in [0.29, 0.717) is 5.69 Å². The van der Waals surface area contributed by atoms with E-state index in [1.165, 1.54) is 29.2 Å². The Labute approximate surface area is 120 Å². The lowest BCUT2D eigenvalue weighted by molar-refractivity contribution is 0.290. The zero-order chi connectivity index (χ0) is 14.7. The second kappa shape index (κ2) is 5.66. The van der Waals surface area contributed by atoms with Gasteiger partial charge in [-0.3, -0.25) is 0 Å². The van der Waals surface area contributed by atoms with Crippen LogP contribution in [0.1, 0.15) is 5.56 Å². The normalized spacial score (nSPS) is 10.5. The van der Waals surface area contributed by atoms with E-state index in [2.05, 4.69) is 4.42 Å². The Morgan fingerprint density at radius 3 is 2.62 bits per heavy atom. The summed E-state index contributed by atoms with van der Waals surface area (Å²) in [6.45, 7) is 0.281. The highest BCUT2D eigenvalue weighted by Crippen LogP contribution is 2.21. The van der Waals surface area contributed by atoms with Crippen LogP contribution in [-0.2, 0) is 6.61 Å². The molecule has 0 atom stereocenters. The third-order valence-electron chi connectivity index (χ3n) is 3.01. The molecule has 0 spiro atoms. The minimum atomic E-state index is -0.563. The van der Waals surface area contributed by atoms with Crippen LogP contribution in [0.2, 0.25) is 0 Å². The predicted molar refractivity (Wildman–Crippen MR) is 75.0 cm³/mol. The minimum Gasteiger partial charge on any atom is -0.486 e. The molecule has 0 fully saturated rings. The topological polar surface area (TPSA) is 44.4 Å². The maximum atomic E-state index is 14.0. The highest BCUT2D eigenvalue weighted by molar-refractivity contribution is 5.38. The molecule has 0 saturated carbocycles. The summed E-state index contributed by atoms with van der Waals surface area (Å²) in [6.07, 6.45) is 2.68. The van der Waals surface area contributed by atoms with Crippen LogP contribution < -0.4 is 10.5 Å². The van der Waals surface area contributed by atoms with Gasteiger partial charge < -0.3 is 9.15 Å². The van der Waals surface area contributed by atoms with Crippen LogP contribution in [0.4, 0.5) is 4.39 Å². The summed E-state index contributed by atoms with van der Waals surface area (Å²) in [6, 6.07) is 13.8. The first-order chi connectivity index (χ1) is 10.2. The van der Waals surface area contributed by atoms with Gasteiger partial charge in [-0.1, -0.05) is 30.3 Å². The van der Waals surface area contributed by atoms with E-state index >= 15 is 0 Å². The van der Waals surface area contributed by atoms with E-state index in [9.17, 15) is 9.18 Å². The molecular formula is C16H12FNO3. The van der Waals surface area contributed by atoms with Crippen LogP contribution in [0.25, 0.3) is 5.69 Å². The van der Waals surface area contributed by atoms with Crippen molar-refractivity contribution in [1.29, 1.82) is 0 Å². The summed E-state index contributed by atoms with van der Waals surface area (Å²) in [7, 11) is 0. The average molecular weight is 285 g/mol. The Morgan fingerprint density at radius 2 is 1.95 bits per heavy atom. The van der Waals surface area contributed by atoms with Crippen molar-refractivity contribution >= 4 is 0 Å². The molecule has 0 radical (unpaired) electrons. The summed E-state index contributed by atoms with van der Waals surface area (Å²) in [5, 5.41) is 0. The fraction of sp³-hybridized carbons (Fsp3) is 0.0625. The lowest BCUT2D eigenvalue weighted by atomic mass is 10.2. The summed E-state index contributed by atoms with van der Waals surface area (Å²) >= 11 is 0. The molecular weight excluding hydrogens is 273 g/mol. The van der Waals surface area contributed by atoms with Crippen molar-refractivity contribution < 1.29 is 13.5 Å².